The monoisotopic (exact) mass is 448 g/mol. The van der Waals surface area contributed by atoms with Crippen molar-refractivity contribution in [1.29, 1.82) is 0 Å². The summed E-state index contributed by atoms with van der Waals surface area (Å²) >= 11 is 1.09. The van der Waals surface area contributed by atoms with Gasteiger partial charge in [-0.3, -0.25) is 13.9 Å². The van der Waals surface area contributed by atoms with Crippen LogP contribution in [0.15, 0.2) is 64.2 Å². The first-order valence-electron chi connectivity index (χ1n) is 10.2. The number of carbonyl (C=O) groups is 1. The second-order valence-corrected chi connectivity index (χ2v) is 8.70. The third kappa shape index (κ3) is 3.62. The molecule has 0 N–H and O–H groups in total. The van der Waals surface area contributed by atoms with Gasteiger partial charge in [0.05, 0.1) is 18.5 Å². The maximum absolute atomic E-state index is 13.0. The number of hydrogen-bond donors (Lipinski definition) is 0. The highest BCUT2D eigenvalue weighted by molar-refractivity contribution is 7.20. The molecule has 0 fully saturated rings. The fourth-order valence-corrected chi connectivity index (χ4v) is 4.84. The molecule has 0 saturated carbocycles. The number of nitrogens with zero attached hydrogens (tertiary/aromatic N) is 2. The first kappa shape index (κ1) is 20.3. The van der Waals surface area contributed by atoms with Crippen molar-refractivity contribution in [1.82, 2.24) is 9.13 Å². The van der Waals surface area contributed by atoms with Crippen LogP contribution in [0.25, 0.3) is 10.2 Å². The molecule has 2 aromatic carbocycles. The lowest BCUT2D eigenvalue weighted by atomic mass is 10.1. The molecule has 0 radical (unpaired) electrons. The van der Waals surface area contributed by atoms with Gasteiger partial charge in [-0.15, -0.1) is 11.3 Å². The number of aromatic nitrogens is 2. The van der Waals surface area contributed by atoms with Gasteiger partial charge in [-0.1, -0.05) is 36.4 Å². The van der Waals surface area contributed by atoms with Gasteiger partial charge in [-0.05, 0) is 34.9 Å². The van der Waals surface area contributed by atoms with E-state index < -0.39 is 17.2 Å². The Morgan fingerprint density at radius 3 is 2.72 bits per heavy atom. The smallest absolute Gasteiger partial charge is 0.348 e. The van der Waals surface area contributed by atoms with E-state index in [-0.39, 0.29) is 18.0 Å². The number of hydrogen-bond acceptors (Lipinski definition) is 6. The molecule has 1 aliphatic heterocycles. The molecule has 4 aromatic rings. The normalized spacial score (nSPS) is 12.5. The predicted octanol–water partition coefficient (Wildman–Crippen LogP) is 3.10. The lowest BCUT2D eigenvalue weighted by Gasteiger charge is -2.08. The summed E-state index contributed by atoms with van der Waals surface area (Å²) in [6.07, 6.45) is 0.844. The van der Waals surface area contributed by atoms with Crippen molar-refractivity contribution in [2.45, 2.75) is 19.6 Å². The Labute approximate surface area is 187 Å². The number of benzene rings is 2. The largest absolute Gasteiger partial charge is 0.493 e. The van der Waals surface area contributed by atoms with Gasteiger partial charge in [0.2, 0.25) is 0 Å². The van der Waals surface area contributed by atoms with E-state index in [4.69, 9.17) is 9.47 Å². The van der Waals surface area contributed by atoms with Gasteiger partial charge in [0.25, 0.3) is 5.56 Å². The number of rotatable bonds is 5. The van der Waals surface area contributed by atoms with Crippen molar-refractivity contribution in [3.8, 4) is 5.75 Å². The number of fused-ring (bicyclic) bond motifs is 2. The summed E-state index contributed by atoms with van der Waals surface area (Å²) in [5, 5.41) is 0.328. The number of ether oxygens (including phenoxy) is 2. The Morgan fingerprint density at radius 1 is 1.09 bits per heavy atom. The number of esters is 1. The average molecular weight is 449 g/mol. The molecule has 7 nitrogen and oxygen atoms in total. The summed E-state index contributed by atoms with van der Waals surface area (Å²) in [5.74, 6) is 0.349. The van der Waals surface area contributed by atoms with Gasteiger partial charge in [0.15, 0.2) is 0 Å². The van der Waals surface area contributed by atoms with Crippen LogP contribution < -0.4 is 16.0 Å². The molecule has 0 bridgehead atoms. The van der Waals surface area contributed by atoms with Crippen molar-refractivity contribution in [2.24, 2.45) is 7.05 Å². The highest BCUT2D eigenvalue weighted by atomic mass is 32.1. The van der Waals surface area contributed by atoms with Gasteiger partial charge in [-0.2, -0.15) is 0 Å². The molecule has 0 spiro atoms. The lowest BCUT2D eigenvalue weighted by Crippen LogP contribution is -2.38. The third-order valence-electron chi connectivity index (χ3n) is 5.52. The lowest BCUT2D eigenvalue weighted by molar-refractivity contribution is 0.0478. The van der Waals surface area contributed by atoms with E-state index in [0.29, 0.717) is 16.8 Å². The molecule has 0 atom stereocenters. The van der Waals surface area contributed by atoms with E-state index >= 15 is 0 Å². The molecule has 0 unspecified atom stereocenters. The zero-order chi connectivity index (χ0) is 22.2. The molecule has 0 saturated heterocycles. The van der Waals surface area contributed by atoms with E-state index in [1.165, 1.54) is 15.2 Å². The van der Waals surface area contributed by atoms with E-state index in [2.05, 4.69) is 0 Å². The van der Waals surface area contributed by atoms with Crippen LogP contribution in [-0.4, -0.2) is 21.7 Å². The van der Waals surface area contributed by atoms with Crippen LogP contribution in [0.1, 0.15) is 26.4 Å². The molecule has 32 heavy (non-hydrogen) atoms. The molecule has 3 heterocycles. The third-order valence-corrected chi connectivity index (χ3v) is 6.71. The first-order valence-corrected chi connectivity index (χ1v) is 11.0. The van der Waals surface area contributed by atoms with Crippen LogP contribution in [0.2, 0.25) is 0 Å². The van der Waals surface area contributed by atoms with Gasteiger partial charge in [-0.25, -0.2) is 9.59 Å². The molecular formula is C24H20N2O5S. The fraction of sp³-hybridized carbons (Fsp3) is 0.208. The molecule has 5 rings (SSSR count). The van der Waals surface area contributed by atoms with E-state index in [1.807, 2.05) is 48.5 Å². The highest BCUT2D eigenvalue weighted by Crippen LogP contribution is 2.27. The second kappa shape index (κ2) is 8.12. The minimum absolute atomic E-state index is 0.123. The summed E-state index contributed by atoms with van der Waals surface area (Å²) < 4.78 is 13.6. The summed E-state index contributed by atoms with van der Waals surface area (Å²) in [5.41, 5.74) is 1.99. The number of aryl methyl sites for hydroxylation is 1. The Bertz CT molecular complexity index is 1450. The quantitative estimate of drug-likeness (QED) is 0.439. The minimum Gasteiger partial charge on any atom is -0.493 e. The van der Waals surface area contributed by atoms with E-state index in [0.717, 1.165) is 40.2 Å². The van der Waals surface area contributed by atoms with Crippen LogP contribution in [0, 0.1) is 0 Å². The molecular weight excluding hydrogens is 428 g/mol. The van der Waals surface area contributed by atoms with Gasteiger partial charge < -0.3 is 9.47 Å². The molecule has 162 valence electrons. The summed E-state index contributed by atoms with van der Waals surface area (Å²) in [7, 11) is 1.60. The Hall–Kier alpha value is -3.65. The van der Waals surface area contributed by atoms with Gasteiger partial charge in [0.1, 0.15) is 22.1 Å². The maximum Gasteiger partial charge on any atom is 0.348 e. The summed E-state index contributed by atoms with van der Waals surface area (Å²) in [6, 6.07) is 16.6. The minimum atomic E-state index is -0.524. The SMILES string of the molecule is Cn1c(=O)n(Cc2ccccc2)c(=O)c2cc(C(=O)OCc3ccc4c(c3)CCO4)sc21. The van der Waals surface area contributed by atoms with Gasteiger partial charge >= 0.3 is 11.7 Å². The predicted molar refractivity (Wildman–Crippen MR) is 122 cm³/mol. The second-order valence-electron chi connectivity index (χ2n) is 7.66. The highest BCUT2D eigenvalue weighted by Gasteiger charge is 2.19. The molecule has 8 heteroatoms. The summed E-state index contributed by atoms with van der Waals surface area (Å²) in [4.78, 5) is 39.2. The molecule has 1 aliphatic rings. The zero-order valence-electron chi connectivity index (χ0n) is 17.4. The van der Waals surface area contributed by atoms with Crippen LogP contribution in [0.5, 0.6) is 5.75 Å². The molecule has 0 amide bonds. The van der Waals surface area contributed by atoms with Crippen molar-refractivity contribution in [2.75, 3.05) is 6.61 Å². The molecule has 0 aliphatic carbocycles. The van der Waals surface area contributed by atoms with Crippen LogP contribution in [0.3, 0.4) is 0 Å². The van der Waals surface area contributed by atoms with Crippen LogP contribution in [-0.2, 0) is 31.4 Å². The Balaban J connectivity index is 1.42. The van der Waals surface area contributed by atoms with E-state index in [9.17, 15) is 14.4 Å². The Kier molecular flexibility index (Phi) is 5.14. The van der Waals surface area contributed by atoms with Crippen LogP contribution >= 0.6 is 11.3 Å². The number of thiophene rings is 1. The molecule has 2 aromatic heterocycles. The van der Waals surface area contributed by atoms with E-state index in [1.54, 1.807) is 7.05 Å². The average Bonchev–Trinajstić information content (AvgIpc) is 3.47. The van der Waals surface area contributed by atoms with Crippen LogP contribution in [0.4, 0.5) is 0 Å². The Morgan fingerprint density at radius 2 is 1.91 bits per heavy atom. The maximum atomic E-state index is 13.0. The summed E-state index contributed by atoms with van der Waals surface area (Å²) in [6.45, 7) is 0.957. The van der Waals surface area contributed by atoms with Crippen molar-refractivity contribution < 1.29 is 14.3 Å². The topological polar surface area (TPSA) is 79.5 Å². The van der Waals surface area contributed by atoms with Gasteiger partial charge in [0, 0.05) is 13.5 Å². The number of carbonyl (C=O) groups excluding carboxylic acids is 1. The van der Waals surface area contributed by atoms with Crippen molar-refractivity contribution in [3.63, 3.8) is 0 Å². The fourth-order valence-electron chi connectivity index (χ4n) is 3.84. The standard InChI is InChI=1S/C24H20N2O5S/c1-25-22-18(21(27)26(24(25)29)13-15-5-3-2-4-6-15)12-20(32-22)23(28)31-14-16-7-8-19-17(11-16)9-10-30-19/h2-8,11-12H,9-10,13-14H2,1H3. The van der Waals surface area contributed by atoms with Crippen molar-refractivity contribution in [3.05, 3.63) is 97.0 Å². The zero-order valence-corrected chi connectivity index (χ0v) is 18.2. The van der Waals surface area contributed by atoms with Crippen molar-refractivity contribution >= 4 is 27.5 Å². The first-order chi connectivity index (χ1) is 15.5.